The zero-order chi connectivity index (χ0) is 40.0. The first-order valence-electron chi connectivity index (χ1n) is 21.5. The third kappa shape index (κ3) is 40.1. The second kappa shape index (κ2) is 37.0. The minimum Gasteiger partial charge on any atom is -0.457 e. The Hall–Kier alpha value is -1.58. The van der Waals surface area contributed by atoms with Gasteiger partial charge in [0.15, 0.2) is 0 Å². The van der Waals surface area contributed by atoms with Crippen LogP contribution < -0.4 is 0 Å². The van der Waals surface area contributed by atoms with E-state index in [2.05, 4.69) is 38.2 Å². The van der Waals surface area contributed by atoms with Gasteiger partial charge >= 0.3 is 13.8 Å². The number of phosphoric acid groups is 1. The molecule has 0 saturated carbocycles. The Morgan fingerprint density at radius 1 is 0.667 bits per heavy atom. The Balaban J connectivity index is 4.33. The zero-order valence-electron chi connectivity index (χ0n) is 35.3. The van der Waals surface area contributed by atoms with E-state index in [0.717, 1.165) is 57.8 Å². The van der Waals surface area contributed by atoms with E-state index < -0.39 is 20.0 Å². The number of allylic oxidation sites excluding steroid dienone is 6. The maximum atomic E-state index is 12.7. The largest absolute Gasteiger partial charge is 0.472 e. The molecule has 0 aromatic carbocycles. The van der Waals surface area contributed by atoms with Crippen LogP contribution in [0.5, 0.6) is 0 Å². The molecule has 3 atom stereocenters. The first kappa shape index (κ1) is 52.4. The van der Waals surface area contributed by atoms with Gasteiger partial charge in [-0.2, -0.15) is 0 Å². The van der Waals surface area contributed by atoms with Gasteiger partial charge in [0.1, 0.15) is 19.3 Å². The lowest BCUT2D eigenvalue weighted by atomic mass is 10.1. The third-order valence-electron chi connectivity index (χ3n) is 8.95. The smallest absolute Gasteiger partial charge is 0.457 e. The van der Waals surface area contributed by atoms with E-state index in [1.807, 2.05) is 45.4 Å². The van der Waals surface area contributed by atoms with Crippen molar-refractivity contribution in [3.63, 3.8) is 0 Å². The lowest BCUT2D eigenvalue weighted by Gasteiger charge is -2.24. The van der Waals surface area contributed by atoms with Crippen LogP contribution >= 0.6 is 7.82 Å². The molecule has 316 valence electrons. The molecule has 0 radical (unpaired) electrons. The Labute approximate surface area is 331 Å². The maximum absolute atomic E-state index is 12.7. The molecule has 0 aromatic heterocycles. The molecule has 10 heteroatoms. The molecule has 0 spiro atoms. The number of hydrogen-bond acceptors (Lipinski definition) is 7. The average molecular weight is 785 g/mol. The van der Waals surface area contributed by atoms with Crippen LogP contribution in [-0.4, -0.2) is 86.8 Å². The number of carbonyl (C=O) groups is 1. The monoisotopic (exact) mass is 785 g/mol. The predicted octanol–water partition coefficient (Wildman–Crippen LogP) is 11.4. The van der Waals surface area contributed by atoms with Crippen molar-refractivity contribution >= 4 is 13.8 Å². The Morgan fingerprint density at radius 2 is 1.24 bits per heavy atom. The van der Waals surface area contributed by atoms with Gasteiger partial charge in [-0.1, -0.05) is 140 Å². The average Bonchev–Trinajstić information content (AvgIpc) is 3.11. The molecule has 0 amide bonds. The summed E-state index contributed by atoms with van der Waals surface area (Å²) in [6.07, 6.45) is 40.4. The van der Waals surface area contributed by atoms with Gasteiger partial charge in [0, 0.05) is 13.0 Å². The Morgan fingerprint density at radius 3 is 1.85 bits per heavy atom. The summed E-state index contributed by atoms with van der Waals surface area (Å²) in [6.45, 7) is 5.33. The van der Waals surface area contributed by atoms with Gasteiger partial charge in [0.25, 0.3) is 0 Å². The van der Waals surface area contributed by atoms with Crippen LogP contribution in [0.2, 0.25) is 0 Å². The molecular formula is C44H83NO8P+. The van der Waals surface area contributed by atoms with Crippen molar-refractivity contribution in [2.45, 2.75) is 174 Å². The fourth-order valence-corrected chi connectivity index (χ4v) is 6.32. The summed E-state index contributed by atoms with van der Waals surface area (Å²) in [5.74, 6) is -0.356. The molecule has 0 rings (SSSR count). The molecule has 0 saturated heterocycles. The second-order valence-corrected chi connectivity index (χ2v) is 17.0. The van der Waals surface area contributed by atoms with Crippen LogP contribution in [0.15, 0.2) is 48.6 Å². The van der Waals surface area contributed by atoms with Crippen LogP contribution in [0.3, 0.4) is 0 Å². The van der Waals surface area contributed by atoms with Crippen molar-refractivity contribution in [3.8, 4) is 0 Å². The lowest BCUT2D eigenvalue weighted by Crippen LogP contribution is -2.37. The van der Waals surface area contributed by atoms with E-state index in [-0.39, 0.29) is 32.2 Å². The summed E-state index contributed by atoms with van der Waals surface area (Å²) >= 11 is 0. The molecule has 0 aliphatic carbocycles. The highest BCUT2D eigenvalue weighted by molar-refractivity contribution is 7.47. The molecule has 2 N–H and O–H groups in total. The molecule has 0 heterocycles. The van der Waals surface area contributed by atoms with Gasteiger partial charge in [-0.25, -0.2) is 4.57 Å². The van der Waals surface area contributed by atoms with Crippen molar-refractivity contribution in [2.24, 2.45) is 0 Å². The van der Waals surface area contributed by atoms with Gasteiger partial charge in [0.05, 0.1) is 40.5 Å². The number of rotatable bonds is 39. The zero-order valence-corrected chi connectivity index (χ0v) is 36.2. The van der Waals surface area contributed by atoms with E-state index in [1.165, 1.54) is 77.0 Å². The number of aliphatic hydroxyl groups excluding tert-OH is 1. The third-order valence-corrected chi connectivity index (χ3v) is 9.94. The number of ether oxygens (including phenoxy) is 2. The maximum Gasteiger partial charge on any atom is 0.472 e. The number of quaternary nitrogens is 1. The summed E-state index contributed by atoms with van der Waals surface area (Å²) in [4.78, 5) is 22.9. The molecule has 0 bridgehead atoms. The highest BCUT2D eigenvalue weighted by atomic mass is 31.2. The normalized spacial score (nSPS) is 14.9. The van der Waals surface area contributed by atoms with Crippen molar-refractivity contribution in [2.75, 3.05) is 54.1 Å². The van der Waals surface area contributed by atoms with Crippen molar-refractivity contribution in [3.05, 3.63) is 48.6 Å². The fraction of sp³-hybridized carbons (Fsp3) is 0.795. The summed E-state index contributed by atoms with van der Waals surface area (Å²) in [7, 11) is 1.61. The molecule has 3 unspecified atom stereocenters. The van der Waals surface area contributed by atoms with Crippen LogP contribution in [0.25, 0.3) is 0 Å². The fourth-order valence-electron chi connectivity index (χ4n) is 5.58. The highest BCUT2D eigenvalue weighted by Gasteiger charge is 2.26. The van der Waals surface area contributed by atoms with E-state index in [9.17, 15) is 19.4 Å². The van der Waals surface area contributed by atoms with Crippen molar-refractivity contribution in [1.82, 2.24) is 0 Å². The number of aliphatic hydroxyl groups is 1. The van der Waals surface area contributed by atoms with E-state index in [0.29, 0.717) is 24.1 Å². The Kier molecular flexibility index (Phi) is 35.9. The topological polar surface area (TPSA) is 112 Å². The van der Waals surface area contributed by atoms with Crippen LogP contribution in [0, 0.1) is 0 Å². The van der Waals surface area contributed by atoms with Crippen LogP contribution in [-0.2, 0) is 27.9 Å². The lowest BCUT2D eigenvalue weighted by molar-refractivity contribution is -0.870. The number of likely N-dealkylation sites (N-methyl/N-ethyl adjacent to an activating group) is 1. The van der Waals surface area contributed by atoms with E-state index >= 15 is 0 Å². The number of esters is 1. The number of carbonyl (C=O) groups excluding carboxylic acids is 1. The quantitative estimate of drug-likeness (QED) is 0.0158. The first-order chi connectivity index (χ1) is 26.0. The van der Waals surface area contributed by atoms with Gasteiger partial charge in [-0.15, -0.1) is 0 Å². The molecular weight excluding hydrogens is 701 g/mol. The number of hydrogen-bond donors (Lipinski definition) is 2. The Bertz CT molecular complexity index is 1020. The number of phosphoric ester groups is 1. The van der Waals surface area contributed by atoms with Gasteiger partial charge < -0.3 is 24.0 Å². The van der Waals surface area contributed by atoms with Crippen LogP contribution in [0.4, 0.5) is 0 Å². The standard InChI is InChI=1S/C44H82NO8P/c1-6-8-10-11-12-13-14-15-16-17-18-19-23-26-29-33-38-50-40-43(41-52-54(48,49)51-39-37-45(3,4)5)53-44(47)36-32-28-25-22-20-21-24-27-31-35-42(46)34-30-9-7-2/h9,15-16,24,27,30-31,35,42-43,46H,6-8,10-14,17-23,25-26,28-29,32-34,36-41H2,1-5H3/p+1/b16-15-,27-24+,30-9+,35-31+. The number of unbranched alkanes of at least 4 members (excludes halogenated alkanes) is 17. The minimum atomic E-state index is -4.29. The van der Waals surface area contributed by atoms with E-state index in [4.69, 9.17) is 18.5 Å². The summed E-state index contributed by atoms with van der Waals surface area (Å²) < 4.78 is 34.9. The summed E-state index contributed by atoms with van der Waals surface area (Å²) in [5.41, 5.74) is 0. The predicted molar refractivity (Wildman–Crippen MR) is 225 cm³/mol. The van der Waals surface area contributed by atoms with Crippen molar-refractivity contribution < 1.29 is 42.4 Å². The molecule has 0 aliphatic heterocycles. The SMILES string of the molecule is CC/C=C/CC(O)/C=C/C=C/CCCCCCCC(=O)OC(COCCCCCCCC/C=C\CCCCCCCC)COP(=O)(O)OCC[N+](C)(C)C. The first-order valence-corrected chi connectivity index (χ1v) is 23.0. The molecule has 0 aromatic rings. The van der Waals surface area contributed by atoms with Gasteiger partial charge in [-0.3, -0.25) is 13.8 Å². The molecule has 0 aliphatic rings. The summed E-state index contributed by atoms with van der Waals surface area (Å²) in [6, 6.07) is 0. The highest BCUT2D eigenvalue weighted by Crippen LogP contribution is 2.43. The minimum absolute atomic E-state index is 0.0723. The van der Waals surface area contributed by atoms with Crippen LogP contribution in [0.1, 0.15) is 162 Å². The van der Waals surface area contributed by atoms with Crippen molar-refractivity contribution in [1.29, 1.82) is 0 Å². The number of nitrogens with zero attached hydrogens (tertiary/aromatic N) is 1. The molecule has 0 fully saturated rings. The second-order valence-electron chi connectivity index (χ2n) is 15.5. The molecule has 9 nitrogen and oxygen atoms in total. The van der Waals surface area contributed by atoms with Gasteiger partial charge in [-0.05, 0) is 64.2 Å². The summed E-state index contributed by atoms with van der Waals surface area (Å²) in [5, 5.41) is 9.89. The van der Waals surface area contributed by atoms with Gasteiger partial charge in [0.2, 0.25) is 0 Å². The van der Waals surface area contributed by atoms with E-state index in [1.54, 1.807) is 0 Å². The molecule has 54 heavy (non-hydrogen) atoms.